The zero-order valence-corrected chi connectivity index (χ0v) is 23.6. The Kier molecular flexibility index (Phi) is 11.0. The molecule has 0 spiro atoms. The number of benzene rings is 1. The van der Waals surface area contributed by atoms with Crippen molar-refractivity contribution in [2.24, 2.45) is 5.73 Å². The number of phenolic OH excluding ortho intramolecular Hbond substituents is 1. The Labute approximate surface area is 220 Å². The Hall–Kier alpha value is -3.30. The number of ether oxygens (including phenoxy) is 1. The monoisotopic (exact) mass is 520 g/mol. The predicted octanol–water partition coefficient (Wildman–Crippen LogP) is 3.44. The minimum absolute atomic E-state index is 0.0895. The van der Waals surface area contributed by atoms with E-state index < -0.39 is 53.1 Å². The quantitative estimate of drug-likeness (QED) is 0.371. The van der Waals surface area contributed by atoms with Crippen LogP contribution in [0.15, 0.2) is 18.2 Å². The summed E-state index contributed by atoms with van der Waals surface area (Å²) in [7, 11) is 0. The van der Waals surface area contributed by atoms with E-state index in [1.165, 1.54) is 4.90 Å². The summed E-state index contributed by atoms with van der Waals surface area (Å²) in [5.74, 6) is -1.84. The van der Waals surface area contributed by atoms with Crippen LogP contribution in [0.4, 0.5) is 4.79 Å². The van der Waals surface area contributed by atoms with Gasteiger partial charge in [0.25, 0.3) is 0 Å². The topological polar surface area (TPSA) is 151 Å². The second-order valence-electron chi connectivity index (χ2n) is 11.4. The number of nitrogens with one attached hydrogen (secondary N) is 2. The number of aromatic hydroxyl groups is 1. The van der Waals surface area contributed by atoms with Gasteiger partial charge < -0.3 is 31.1 Å². The molecule has 0 saturated heterocycles. The number of rotatable bonds is 10. The molecule has 0 fully saturated rings. The molecule has 10 nitrogen and oxygen atoms in total. The van der Waals surface area contributed by atoms with Crippen molar-refractivity contribution in [3.8, 4) is 5.75 Å². The summed E-state index contributed by atoms with van der Waals surface area (Å²) in [4.78, 5) is 53.3. The van der Waals surface area contributed by atoms with E-state index in [0.717, 1.165) is 0 Å². The number of phenols is 1. The van der Waals surface area contributed by atoms with E-state index in [-0.39, 0.29) is 24.2 Å². The average molecular weight is 521 g/mol. The Morgan fingerprint density at radius 3 is 2.19 bits per heavy atom. The summed E-state index contributed by atoms with van der Waals surface area (Å²) < 4.78 is 5.33. The van der Waals surface area contributed by atoms with Crippen LogP contribution in [0.2, 0.25) is 0 Å². The van der Waals surface area contributed by atoms with Crippen LogP contribution in [-0.4, -0.2) is 57.0 Å². The summed E-state index contributed by atoms with van der Waals surface area (Å²) in [6, 6.07) is 2.11. The Balaban J connectivity index is 3.66. The van der Waals surface area contributed by atoms with Crippen LogP contribution < -0.4 is 16.4 Å². The molecule has 37 heavy (non-hydrogen) atoms. The number of alkyl carbamates (subject to hydrolysis) is 1. The molecule has 5 N–H and O–H groups in total. The van der Waals surface area contributed by atoms with Gasteiger partial charge in [-0.3, -0.25) is 14.4 Å². The van der Waals surface area contributed by atoms with Gasteiger partial charge in [-0.15, -0.1) is 0 Å². The fourth-order valence-corrected chi connectivity index (χ4v) is 3.73. The number of nitrogens with zero attached hydrogens (tertiary/aromatic N) is 1. The van der Waals surface area contributed by atoms with Gasteiger partial charge >= 0.3 is 6.09 Å². The summed E-state index contributed by atoms with van der Waals surface area (Å²) in [5.41, 5.74) is 4.68. The van der Waals surface area contributed by atoms with Crippen LogP contribution in [0.25, 0.3) is 0 Å². The summed E-state index contributed by atoms with van der Waals surface area (Å²) in [6.07, 6.45) is -0.622. The van der Waals surface area contributed by atoms with Gasteiger partial charge in [0.1, 0.15) is 23.4 Å². The lowest BCUT2D eigenvalue weighted by Gasteiger charge is -2.39. The van der Waals surface area contributed by atoms with E-state index in [2.05, 4.69) is 10.6 Å². The Morgan fingerprint density at radius 1 is 1.11 bits per heavy atom. The zero-order valence-electron chi connectivity index (χ0n) is 23.6. The molecule has 0 heterocycles. The Bertz CT molecular complexity index is 980. The lowest BCUT2D eigenvalue weighted by Crippen LogP contribution is -2.57. The predicted molar refractivity (Wildman–Crippen MR) is 142 cm³/mol. The molecule has 1 aromatic carbocycles. The van der Waals surface area contributed by atoms with E-state index in [4.69, 9.17) is 10.5 Å². The molecule has 3 atom stereocenters. The summed E-state index contributed by atoms with van der Waals surface area (Å²) >= 11 is 0. The van der Waals surface area contributed by atoms with Crippen molar-refractivity contribution in [1.29, 1.82) is 0 Å². The van der Waals surface area contributed by atoms with E-state index in [0.29, 0.717) is 12.0 Å². The van der Waals surface area contributed by atoms with Gasteiger partial charge in [-0.2, -0.15) is 0 Å². The zero-order chi connectivity index (χ0) is 28.7. The summed E-state index contributed by atoms with van der Waals surface area (Å²) in [6.45, 7) is 15.8. The number of carbonyl (C=O) groups is 4. The van der Waals surface area contributed by atoms with Gasteiger partial charge in [-0.05, 0) is 73.8 Å². The average Bonchev–Trinajstić information content (AvgIpc) is 2.73. The van der Waals surface area contributed by atoms with Crippen molar-refractivity contribution < 1.29 is 29.0 Å². The van der Waals surface area contributed by atoms with Gasteiger partial charge in [-0.25, -0.2) is 4.79 Å². The number of nitrogens with two attached hydrogens (primary N) is 1. The van der Waals surface area contributed by atoms with Crippen molar-refractivity contribution >= 4 is 23.8 Å². The fraction of sp³-hybridized carbons (Fsp3) is 0.630. The van der Waals surface area contributed by atoms with Gasteiger partial charge in [0.05, 0.1) is 0 Å². The molecule has 1 rings (SSSR count). The van der Waals surface area contributed by atoms with Crippen molar-refractivity contribution in [1.82, 2.24) is 15.5 Å². The molecular weight excluding hydrogens is 476 g/mol. The largest absolute Gasteiger partial charge is 0.507 e. The van der Waals surface area contributed by atoms with Gasteiger partial charge in [0.2, 0.25) is 17.7 Å². The molecule has 208 valence electrons. The Morgan fingerprint density at radius 2 is 1.70 bits per heavy atom. The smallest absolute Gasteiger partial charge is 0.408 e. The van der Waals surface area contributed by atoms with E-state index in [1.807, 2.05) is 27.7 Å². The first-order valence-corrected chi connectivity index (χ1v) is 12.6. The highest BCUT2D eigenvalue weighted by Gasteiger charge is 2.40. The maximum atomic E-state index is 14.1. The van der Waals surface area contributed by atoms with Gasteiger partial charge in [0.15, 0.2) is 0 Å². The molecule has 0 aliphatic heterocycles. The van der Waals surface area contributed by atoms with Crippen molar-refractivity contribution in [3.63, 3.8) is 0 Å². The third kappa shape index (κ3) is 9.93. The number of para-hydroxylation sites is 1. The third-order valence-corrected chi connectivity index (χ3v) is 5.58. The van der Waals surface area contributed by atoms with E-state index >= 15 is 0 Å². The van der Waals surface area contributed by atoms with Crippen molar-refractivity contribution in [2.45, 2.75) is 111 Å². The molecule has 0 radical (unpaired) electrons. The van der Waals surface area contributed by atoms with Gasteiger partial charge in [-0.1, -0.05) is 25.1 Å². The lowest BCUT2D eigenvalue weighted by molar-refractivity contribution is -0.146. The van der Waals surface area contributed by atoms with Crippen LogP contribution in [-0.2, 0) is 19.1 Å². The van der Waals surface area contributed by atoms with Crippen LogP contribution in [0.3, 0.4) is 0 Å². The summed E-state index contributed by atoms with van der Waals surface area (Å²) in [5, 5.41) is 16.4. The van der Waals surface area contributed by atoms with Crippen LogP contribution in [0.5, 0.6) is 5.75 Å². The van der Waals surface area contributed by atoms with Crippen LogP contribution >= 0.6 is 0 Å². The fourth-order valence-electron chi connectivity index (χ4n) is 3.73. The number of hydrogen-bond acceptors (Lipinski definition) is 6. The van der Waals surface area contributed by atoms with Crippen molar-refractivity contribution in [2.75, 3.05) is 0 Å². The molecule has 0 bridgehead atoms. The molecular formula is C27H44N4O6. The standard InChI is InChI=1S/C27H44N4O6/c1-10-17(3)31(24(35)19(14-15-20(28)32)29-25(36)37-27(7,8)9)21(23(34)30-26(4,5)6)18-13-11-12-16(2)22(18)33/h11-13,17,19,21,33H,10,14-15H2,1-9H3,(H2,28,32)(H,29,36)(H,30,34). The first kappa shape index (κ1) is 31.7. The second kappa shape index (κ2) is 12.8. The first-order chi connectivity index (χ1) is 16.9. The van der Waals surface area contributed by atoms with Gasteiger partial charge in [0, 0.05) is 23.6 Å². The highest BCUT2D eigenvalue weighted by molar-refractivity contribution is 5.93. The first-order valence-electron chi connectivity index (χ1n) is 12.6. The molecule has 3 unspecified atom stereocenters. The normalized spacial score (nSPS) is 14.2. The highest BCUT2D eigenvalue weighted by atomic mass is 16.6. The number of hydrogen-bond donors (Lipinski definition) is 4. The minimum atomic E-state index is -1.21. The molecule has 4 amide bonds. The molecule has 0 saturated carbocycles. The molecule has 0 aliphatic carbocycles. The maximum Gasteiger partial charge on any atom is 0.408 e. The number of primary amides is 1. The minimum Gasteiger partial charge on any atom is -0.507 e. The number of amides is 4. The maximum absolute atomic E-state index is 14.1. The third-order valence-electron chi connectivity index (χ3n) is 5.58. The lowest BCUT2D eigenvalue weighted by atomic mass is 9.95. The van der Waals surface area contributed by atoms with Crippen molar-refractivity contribution in [3.05, 3.63) is 29.3 Å². The number of aryl methyl sites for hydroxylation is 1. The molecule has 0 aromatic heterocycles. The number of carbonyl (C=O) groups excluding carboxylic acids is 4. The molecule has 0 aliphatic rings. The van der Waals surface area contributed by atoms with E-state index in [1.54, 1.807) is 52.8 Å². The molecule has 1 aromatic rings. The SMILES string of the molecule is CCC(C)N(C(=O)C(CCC(N)=O)NC(=O)OC(C)(C)C)C(C(=O)NC(C)(C)C)c1cccc(C)c1O. The van der Waals surface area contributed by atoms with Crippen LogP contribution in [0, 0.1) is 6.92 Å². The molecule has 10 heteroatoms. The van der Waals surface area contributed by atoms with Crippen LogP contribution in [0.1, 0.15) is 91.8 Å². The van der Waals surface area contributed by atoms with E-state index in [9.17, 15) is 24.3 Å². The second-order valence-corrected chi connectivity index (χ2v) is 11.4. The highest BCUT2D eigenvalue weighted by Crippen LogP contribution is 2.34.